The van der Waals surface area contributed by atoms with Gasteiger partial charge >= 0.3 is 0 Å². The fourth-order valence-electron chi connectivity index (χ4n) is 1.68. The summed E-state index contributed by atoms with van der Waals surface area (Å²) in [4.78, 5) is 4.00. The maximum absolute atomic E-state index is 5.72. The van der Waals surface area contributed by atoms with Crippen molar-refractivity contribution in [2.75, 3.05) is 5.73 Å². The molecule has 2 rings (SSSR count). The number of nitrogens with zero attached hydrogens (tertiary/aromatic N) is 2. The SMILES string of the molecule is Cc1ccc(Cn2ccnc2N)c(C)c1. The highest BCUT2D eigenvalue weighted by molar-refractivity contribution is 5.31. The monoisotopic (exact) mass is 201 g/mol. The Morgan fingerprint density at radius 3 is 2.73 bits per heavy atom. The van der Waals surface area contributed by atoms with Crippen molar-refractivity contribution in [2.45, 2.75) is 20.4 Å². The molecule has 0 spiro atoms. The first-order valence-electron chi connectivity index (χ1n) is 4.99. The number of aromatic nitrogens is 2. The minimum absolute atomic E-state index is 0.565. The van der Waals surface area contributed by atoms with Gasteiger partial charge in [0.15, 0.2) is 5.95 Å². The number of imidazole rings is 1. The van der Waals surface area contributed by atoms with Crippen LogP contribution in [0.25, 0.3) is 0 Å². The van der Waals surface area contributed by atoms with Crippen LogP contribution in [0.4, 0.5) is 5.95 Å². The van der Waals surface area contributed by atoms with Gasteiger partial charge in [-0.1, -0.05) is 23.8 Å². The van der Waals surface area contributed by atoms with Crippen LogP contribution in [-0.2, 0) is 6.54 Å². The fourth-order valence-corrected chi connectivity index (χ4v) is 1.68. The van der Waals surface area contributed by atoms with E-state index in [-0.39, 0.29) is 0 Å². The lowest BCUT2D eigenvalue weighted by Crippen LogP contribution is -2.04. The molecule has 1 aromatic carbocycles. The predicted octanol–water partition coefficient (Wildman–Crippen LogP) is 2.13. The molecule has 2 aromatic rings. The number of hydrogen-bond donors (Lipinski definition) is 1. The van der Waals surface area contributed by atoms with E-state index in [0.717, 1.165) is 6.54 Å². The highest BCUT2D eigenvalue weighted by atomic mass is 15.1. The summed E-state index contributed by atoms with van der Waals surface area (Å²) in [6.45, 7) is 5.01. The van der Waals surface area contributed by atoms with E-state index in [0.29, 0.717) is 5.95 Å². The van der Waals surface area contributed by atoms with Gasteiger partial charge in [0, 0.05) is 12.4 Å². The van der Waals surface area contributed by atoms with Crippen LogP contribution in [0.1, 0.15) is 16.7 Å². The van der Waals surface area contributed by atoms with E-state index in [1.54, 1.807) is 6.20 Å². The van der Waals surface area contributed by atoms with E-state index < -0.39 is 0 Å². The summed E-state index contributed by atoms with van der Waals surface area (Å²) < 4.78 is 1.94. The summed E-state index contributed by atoms with van der Waals surface area (Å²) in [5.41, 5.74) is 9.58. The fraction of sp³-hybridized carbons (Fsp3) is 0.250. The van der Waals surface area contributed by atoms with Crippen molar-refractivity contribution in [1.82, 2.24) is 9.55 Å². The van der Waals surface area contributed by atoms with Gasteiger partial charge < -0.3 is 10.3 Å². The number of nitrogen functional groups attached to an aromatic ring is 1. The van der Waals surface area contributed by atoms with Crippen molar-refractivity contribution in [1.29, 1.82) is 0 Å². The quantitative estimate of drug-likeness (QED) is 0.808. The molecule has 0 aliphatic heterocycles. The largest absolute Gasteiger partial charge is 0.369 e. The normalized spacial score (nSPS) is 10.5. The Bertz CT molecular complexity index is 471. The average Bonchev–Trinajstić information content (AvgIpc) is 2.57. The summed E-state index contributed by atoms with van der Waals surface area (Å²) in [5, 5.41) is 0. The van der Waals surface area contributed by atoms with Crippen LogP contribution in [0.15, 0.2) is 30.6 Å². The van der Waals surface area contributed by atoms with Crippen LogP contribution in [0.3, 0.4) is 0 Å². The van der Waals surface area contributed by atoms with Crippen molar-refractivity contribution in [3.8, 4) is 0 Å². The van der Waals surface area contributed by atoms with Crippen molar-refractivity contribution in [2.24, 2.45) is 0 Å². The minimum Gasteiger partial charge on any atom is -0.369 e. The molecule has 3 heteroatoms. The third-order valence-corrected chi connectivity index (χ3v) is 2.59. The molecule has 0 fully saturated rings. The van der Waals surface area contributed by atoms with Gasteiger partial charge in [0.05, 0.1) is 6.54 Å². The van der Waals surface area contributed by atoms with Gasteiger partial charge in [-0.25, -0.2) is 4.98 Å². The highest BCUT2D eigenvalue weighted by Crippen LogP contribution is 2.13. The van der Waals surface area contributed by atoms with Crippen LogP contribution in [-0.4, -0.2) is 9.55 Å². The predicted molar refractivity (Wildman–Crippen MR) is 61.7 cm³/mol. The second-order valence-electron chi connectivity index (χ2n) is 3.84. The van der Waals surface area contributed by atoms with Gasteiger partial charge in [-0.15, -0.1) is 0 Å². The molecule has 1 aromatic heterocycles. The molecule has 0 saturated carbocycles. The lowest BCUT2D eigenvalue weighted by molar-refractivity contribution is 0.805. The zero-order valence-electron chi connectivity index (χ0n) is 9.07. The molecule has 15 heavy (non-hydrogen) atoms. The van der Waals surface area contributed by atoms with E-state index in [9.17, 15) is 0 Å². The van der Waals surface area contributed by atoms with Crippen LogP contribution in [0.5, 0.6) is 0 Å². The van der Waals surface area contributed by atoms with Gasteiger partial charge in [0.25, 0.3) is 0 Å². The van der Waals surface area contributed by atoms with Crippen molar-refractivity contribution >= 4 is 5.95 Å². The summed E-state index contributed by atoms with van der Waals surface area (Å²) in [6, 6.07) is 6.45. The van der Waals surface area contributed by atoms with Gasteiger partial charge in [0.2, 0.25) is 0 Å². The first-order chi connectivity index (χ1) is 7.16. The number of aryl methyl sites for hydroxylation is 2. The molecule has 0 saturated heterocycles. The van der Waals surface area contributed by atoms with Gasteiger partial charge in [-0.3, -0.25) is 0 Å². The average molecular weight is 201 g/mol. The zero-order chi connectivity index (χ0) is 10.8. The Morgan fingerprint density at radius 1 is 1.33 bits per heavy atom. The van der Waals surface area contributed by atoms with Crippen LogP contribution in [0.2, 0.25) is 0 Å². The Kier molecular flexibility index (Phi) is 2.46. The summed E-state index contributed by atoms with van der Waals surface area (Å²) in [5.74, 6) is 0.565. The van der Waals surface area contributed by atoms with E-state index in [1.807, 2.05) is 10.8 Å². The maximum atomic E-state index is 5.72. The van der Waals surface area contributed by atoms with Crippen LogP contribution in [0, 0.1) is 13.8 Å². The molecule has 1 heterocycles. The van der Waals surface area contributed by atoms with Crippen molar-refractivity contribution in [3.05, 3.63) is 47.3 Å². The number of nitrogens with two attached hydrogens (primary N) is 1. The highest BCUT2D eigenvalue weighted by Gasteiger charge is 2.02. The Balaban J connectivity index is 2.29. The topological polar surface area (TPSA) is 43.8 Å². The molecular weight excluding hydrogens is 186 g/mol. The van der Waals surface area contributed by atoms with Crippen LogP contribution >= 0.6 is 0 Å². The third-order valence-electron chi connectivity index (χ3n) is 2.59. The van der Waals surface area contributed by atoms with E-state index in [2.05, 4.69) is 37.0 Å². The van der Waals surface area contributed by atoms with Gasteiger partial charge in [-0.05, 0) is 25.0 Å². The summed E-state index contributed by atoms with van der Waals surface area (Å²) in [6.07, 6.45) is 3.62. The van der Waals surface area contributed by atoms with Gasteiger partial charge in [-0.2, -0.15) is 0 Å². The second kappa shape index (κ2) is 3.77. The molecule has 78 valence electrons. The molecular formula is C12H15N3. The van der Waals surface area contributed by atoms with E-state index in [4.69, 9.17) is 5.73 Å². The third kappa shape index (κ3) is 2.01. The Labute approximate surface area is 89.6 Å². The van der Waals surface area contributed by atoms with Gasteiger partial charge in [0.1, 0.15) is 0 Å². The lowest BCUT2D eigenvalue weighted by atomic mass is 10.1. The first-order valence-corrected chi connectivity index (χ1v) is 4.99. The standard InChI is InChI=1S/C12H15N3/c1-9-3-4-11(10(2)7-9)8-15-6-5-14-12(15)13/h3-7H,8H2,1-2H3,(H2,13,14). The van der Waals surface area contributed by atoms with E-state index >= 15 is 0 Å². The molecule has 0 unspecified atom stereocenters. The molecule has 0 amide bonds. The molecule has 0 bridgehead atoms. The molecule has 2 N–H and O–H groups in total. The maximum Gasteiger partial charge on any atom is 0.200 e. The molecule has 3 nitrogen and oxygen atoms in total. The lowest BCUT2D eigenvalue weighted by Gasteiger charge is -2.08. The number of benzene rings is 1. The Morgan fingerprint density at radius 2 is 2.13 bits per heavy atom. The van der Waals surface area contributed by atoms with Crippen molar-refractivity contribution < 1.29 is 0 Å². The number of hydrogen-bond acceptors (Lipinski definition) is 2. The molecule has 0 aliphatic carbocycles. The zero-order valence-corrected chi connectivity index (χ0v) is 9.07. The minimum atomic E-state index is 0.565. The molecule has 0 aliphatic rings. The summed E-state index contributed by atoms with van der Waals surface area (Å²) in [7, 11) is 0. The number of rotatable bonds is 2. The van der Waals surface area contributed by atoms with Crippen molar-refractivity contribution in [3.63, 3.8) is 0 Å². The molecule has 0 radical (unpaired) electrons. The van der Waals surface area contributed by atoms with Crippen LogP contribution < -0.4 is 5.73 Å². The Hall–Kier alpha value is -1.77. The molecule has 0 atom stereocenters. The second-order valence-corrected chi connectivity index (χ2v) is 3.84. The smallest absolute Gasteiger partial charge is 0.200 e. The summed E-state index contributed by atoms with van der Waals surface area (Å²) >= 11 is 0. The van der Waals surface area contributed by atoms with E-state index in [1.165, 1.54) is 16.7 Å². The first kappa shape index (κ1) is 9.77. The number of anilines is 1.